The first-order valence-electron chi connectivity index (χ1n) is 10.5. The van der Waals surface area contributed by atoms with E-state index in [1.54, 1.807) is 23.6 Å². The Morgan fingerprint density at radius 3 is 2.39 bits per heavy atom. The van der Waals surface area contributed by atoms with Gasteiger partial charge >= 0.3 is 5.69 Å². The lowest BCUT2D eigenvalue weighted by molar-refractivity contribution is 0.291. The average molecular weight is 426 g/mol. The minimum atomic E-state index is -0.450. The second-order valence-corrected chi connectivity index (χ2v) is 7.76. The molecule has 0 amide bonds. The predicted molar refractivity (Wildman–Crippen MR) is 118 cm³/mol. The summed E-state index contributed by atoms with van der Waals surface area (Å²) in [5, 5.41) is 0. The molecule has 0 fully saturated rings. The molecule has 4 rings (SSSR count). The Bertz CT molecular complexity index is 1360. The van der Waals surface area contributed by atoms with Crippen molar-refractivity contribution in [3.8, 4) is 0 Å². The molecule has 8 nitrogen and oxygen atoms in total. The van der Waals surface area contributed by atoms with E-state index in [2.05, 4.69) is 28.3 Å². The standard InChI is InChI=1S/C22H27FN6O2/c1-5-26(6-2)11-12-27-15(3)13-28-18-19(24-21(27)28)25(4)22(31)29(20(18)30)14-16-7-9-17(23)10-8-16/h7-10,13H,5-6,11-12,14H2,1-4H3. The van der Waals surface area contributed by atoms with Gasteiger partial charge in [0, 0.05) is 32.0 Å². The largest absolute Gasteiger partial charge is 0.332 e. The Morgan fingerprint density at radius 2 is 1.74 bits per heavy atom. The molecule has 3 aromatic heterocycles. The molecule has 0 bridgehead atoms. The molecule has 0 unspecified atom stereocenters. The number of halogens is 1. The highest BCUT2D eigenvalue weighted by molar-refractivity contribution is 5.75. The van der Waals surface area contributed by atoms with E-state index in [0.717, 1.165) is 31.9 Å². The Hall–Kier alpha value is -3.20. The van der Waals surface area contributed by atoms with E-state index in [4.69, 9.17) is 0 Å². The van der Waals surface area contributed by atoms with Crippen LogP contribution in [0.5, 0.6) is 0 Å². The van der Waals surface area contributed by atoms with Crippen LogP contribution in [-0.4, -0.2) is 47.6 Å². The SMILES string of the molecule is CCN(CC)CCn1c(C)cn2c3c(=O)n(Cc4ccc(F)cc4)c(=O)n(C)c3nc12. The quantitative estimate of drug-likeness (QED) is 0.453. The van der Waals surface area contributed by atoms with Crippen LogP contribution in [0.25, 0.3) is 16.9 Å². The molecular weight excluding hydrogens is 399 g/mol. The van der Waals surface area contributed by atoms with Crippen molar-refractivity contribution in [3.05, 3.63) is 68.4 Å². The Labute approximate surface area is 178 Å². The first kappa shape index (κ1) is 21.0. The van der Waals surface area contributed by atoms with Gasteiger partial charge in [-0.2, -0.15) is 4.98 Å². The minimum Gasteiger partial charge on any atom is -0.313 e. The third-order valence-corrected chi connectivity index (χ3v) is 5.93. The smallest absolute Gasteiger partial charge is 0.313 e. The van der Waals surface area contributed by atoms with Gasteiger partial charge in [-0.25, -0.2) is 9.18 Å². The fraction of sp³-hybridized carbons (Fsp3) is 0.409. The van der Waals surface area contributed by atoms with E-state index < -0.39 is 11.2 Å². The highest BCUT2D eigenvalue weighted by Gasteiger charge is 2.20. The zero-order chi connectivity index (χ0) is 22.3. The van der Waals surface area contributed by atoms with Crippen molar-refractivity contribution in [2.75, 3.05) is 19.6 Å². The number of hydrogen-bond acceptors (Lipinski definition) is 4. The van der Waals surface area contributed by atoms with Gasteiger partial charge < -0.3 is 9.47 Å². The molecule has 0 saturated carbocycles. The van der Waals surface area contributed by atoms with E-state index in [-0.39, 0.29) is 12.4 Å². The molecule has 0 aliphatic rings. The van der Waals surface area contributed by atoms with Crippen molar-refractivity contribution in [1.29, 1.82) is 0 Å². The summed E-state index contributed by atoms with van der Waals surface area (Å²) >= 11 is 0. The van der Waals surface area contributed by atoms with Crippen LogP contribution in [0.15, 0.2) is 40.1 Å². The van der Waals surface area contributed by atoms with Crippen molar-refractivity contribution in [1.82, 2.24) is 28.0 Å². The molecule has 0 saturated heterocycles. The first-order valence-corrected chi connectivity index (χ1v) is 10.5. The highest BCUT2D eigenvalue weighted by Crippen LogP contribution is 2.16. The third kappa shape index (κ3) is 3.59. The van der Waals surface area contributed by atoms with Crippen molar-refractivity contribution in [2.45, 2.75) is 33.9 Å². The number of fused-ring (bicyclic) bond motifs is 3. The molecule has 164 valence electrons. The van der Waals surface area contributed by atoms with Crippen LogP contribution in [-0.2, 0) is 20.1 Å². The monoisotopic (exact) mass is 426 g/mol. The summed E-state index contributed by atoms with van der Waals surface area (Å²) in [4.78, 5) is 33.2. The summed E-state index contributed by atoms with van der Waals surface area (Å²) in [5.74, 6) is 0.282. The topological polar surface area (TPSA) is 69.5 Å². The van der Waals surface area contributed by atoms with Crippen molar-refractivity contribution >= 4 is 16.9 Å². The van der Waals surface area contributed by atoms with E-state index >= 15 is 0 Å². The number of hydrogen-bond donors (Lipinski definition) is 0. The Morgan fingerprint density at radius 1 is 1.06 bits per heavy atom. The lowest BCUT2D eigenvalue weighted by Crippen LogP contribution is -2.39. The van der Waals surface area contributed by atoms with Gasteiger partial charge in [0.1, 0.15) is 5.82 Å². The Kier molecular flexibility index (Phi) is 5.53. The molecule has 0 aliphatic carbocycles. The van der Waals surface area contributed by atoms with Gasteiger partial charge in [-0.1, -0.05) is 26.0 Å². The van der Waals surface area contributed by atoms with Crippen LogP contribution in [0.1, 0.15) is 25.1 Å². The number of rotatable bonds is 7. The molecule has 9 heteroatoms. The van der Waals surface area contributed by atoms with Crippen LogP contribution in [0, 0.1) is 12.7 Å². The number of nitrogens with zero attached hydrogens (tertiary/aromatic N) is 6. The molecule has 0 spiro atoms. The van der Waals surface area contributed by atoms with Gasteiger partial charge in [-0.15, -0.1) is 0 Å². The highest BCUT2D eigenvalue weighted by atomic mass is 19.1. The molecule has 0 atom stereocenters. The van der Waals surface area contributed by atoms with Gasteiger partial charge in [0.2, 0.25) is 5.78 Å². The maximum Gasteiger partial charge on any atom is 0.332 e. The van der Waals surface area contributed by atoms with E-state index in [1.807, 2.05) is 13.1 Å². The van der Waals surface area contributed by atoms with Crippen molar-refractivity contribution < 1.29 is 4.39 Å². The summed E-state index contributed by atoms with van der Waals surface area (Å²) < 4.78 is 19.7. The van der Waals surface area contributed by atoms with Crippen LogP contribution in [0.2, 0.25) is 0 Å². The number of imidazole rings is 2. The lowest BCUT2D eigenvalue weighted by atomic mass is 10.2. The molecule has 0 N–H and O–H groups in total. The molecule has 0 aliphatic heterocycles. The number of aromatic nitrogens is 5. The summed E-state index contributed by atoms with van der Waals surface area (Å²) in [6.45, 7) is 9.85. The third-order valence-electron chi connectivity index (χ3n) is 5.93. The summed E-state index contributed by atoms with van der Waals surface area (Å²) in [5.41, 5.74) is 1.54. The lowest BCUT2D eigenvalue weighted by Gasteiger charge is -2.18. The zero-order valence-electron chi connectivity index (χ0n) is 18.3. The van der Waals surface area contributed by atoms with Crippen LogP contribution in [0.4, 0.5) is 4.39 Å². The van der Waals surface area contributed by atoms with Crippen LogP contribution in [0.3, 0.4) is 0 Å². The summed E-state index contributed by atoms with van der Waals surface area (Å²) in [6, 6.07) is 5.79. The molecule has 1 aromatic carbocycles. The van der Waals surface area contributed by atoms with Crippen molar-refractivity contribution in [2.24, 2.45) is 7.05 Å². The number of likely N-dealkylation sites (N-methyl/N-ethyl adjacent to an activating group) is 1. The second kappa shape index (κ2) is 8.14. The minimum absolute atomic E-state index is 0.0661. The van der Waals surface area contributed by atoms with Gasteiger partial charge in [-0.05, 0) is 37.7 Å². The van der Waals surface area contributed by atoms with Crippen molar-refractivity contribution in [3.63, 3.8) is 0 Å². The first-order chi connectivity index (χ1) is 14.8. The summed E-state index contributed by atoms with van der Waals surface area (Å²) in [6.07, 6.45) is 1.89. The number of aryl methyl sites for hydroxylation is 2. The number of benzene rings is 1. The Balaban J connectivity index is 1.85. The fourth-order valence-electron chi connectivity index (χ4n) is 4.02. The second-order valence-electron chi connectivity index (χ2n) is 7.76. The van der Waals surface area contributed by atoms with Gasteiger partial charge in [0.25, 0.3) is 5.56 Å². The molecular formula is C22H27FN6O2. The van der Waals surface area contributed by atoms with Gasteiger partial charge in [0.05, 0.1) is 6.54 Å². The predicted octanol–water partition coefficient (Wildman–Crippen LogP) is 1.99. The summed E-state index contributed by atoms with van der Waals surface area (Å²) in [7, 11) is 1.62. The van der Waals surface area contributed by atoms with E-state index in [9.17, 15) is 14.0 Å². The van der Waals surface area contributed by atoms with Gasteiger partial charge in [0.15, 0.2) is 11.2 Å². The van der Waals surface area contributed by atoms with E-state index in [1.165, 1.54) is 21.3 Å². The molecule has 31 heavy (non-hydrogen) atoms. The molecule has 4 aromatic rings. The molecule has 3 heterocycles. The fourth-order valence-corrected chi connectivity index (χ4v) is 4.02. The van der Waals surface area contributed by atoms with Crippen LogP contribution < -0.4 is 11.2 Å². The maximum atomic E-state index is 13.3. The van der Waals surface area contributed by atoms with E-state index in [0.29, 0.717) is 22.5 Å². The normalized spacial score (nSPS) is 11.9. The molecule has 0 radical (unpaired) electrons. The average Bonchev–Trinajstić information content (AvgIpc) is 3.27. The maximum absolute atomic E-state index is 13.3. The van der Waals surface area contributed by atoms with Crippen LogP contribution >= 0.6 is 0 Å². The zero-order valence-corrected chi connectivity index (χ0v) is 18.3. The van der Waals surface area contributed by atoms with Gasteiger partial charge in [-0.3, -0.25) is 18.3 Å².